The van der Waals surface area contributed by atoms with Gasteiger partial charge in [0, 0.05) is 27.3 Å². The van der Waals surface area contributed by atoms with Gasteiger partial charge in [0.2, 0.25) is 0 Å². The predicted octanol–water partition coefficient (Wildman–Crippen LogP) is 0.415. The molecule has 0 aromatic carbocycles. The Morgan fingerprint density at radius 3 is 1.82 bits per heavy atom. The summed E-state index contributed by atoms with van der Waals surface area (Å²) in [5, 5.41) is 0. The first-order valence-corrected chi connectivity index (χ1v) is 3.84. The van der Waals surface area contributed by atoms with E-state index in [9.17, 15) is 0 Å². The van der Waals surface area contributed by atoms with E-state index in [0.29, 0.717) is 0 Å². The molecule has 0 amide bonds. The molecule has 0 aliphatic rings. The molecular formula is C8H18NO2. The minimum atomic E-state index is 0.763. The van der Waals surface area contributed by atoms with Crippen molar-refractivity contribution in [1.82, 2.24) is 4.90 Å². The molecule has 0 saturated heterocycles. The van der Waals surface area contributed by atoms with E-state index >= 15 is 0 Å². The highest BCUT2D eigenvalue weighted by Gasteiger charge is 1.99. The minimum Gasteiger partial charge on any atom is -0.383 e. The van der Waals surface area contributed by atoms with Crippen LogP contribution in [-0.2, 0) is 9.47 Å². The zero-order valence-electron chi connectivity index (χ0n) is 7.51. The molecule has 3 heteroatoms. The first-order chi connectivity index (χ1) is 5.35. The molecule has 0 heterocycles. The Morgan fingerprint density at radius 1 is 1.09 bits per heavy atom. The largest absolute Gasteiger partial charge is 0.383 e. The lowest BCUT2D eigenvalue weighted by atomic mass is 10.5. The van der Waals surface area contributed by atoms with E-state index in [2.05, 4.69) is 11.8 Å². The molecule has 0 aromatic rings. The molecule has 0 fully saturated rings. The van der Waals surface area contributed by atoms with E-state index in [0.717, 1.165) is 32.8 Å². The number of nitrogens with zero attached hydrogens (tertiary/aromatic N) is 1. The van der Waals surface area contributed by atoms with Gasteiger partial charge in [0.15, 0.2) is 0 Å². The number of ether oxygens (including phenoxy) is 2. The Balaban J connectivity index is 3.25. The van der Waals surface area contributed by atoms with Crippen molar-refractivity contribution < 1.29 is 9.47 Å². The lowest BCUT2D eigenvalue weighted by molar-refractivity contribution is 0.120. The second-order valence-electron chi connectivity index (χ2n) is 2.33. The first kappa shape index (κ1) is 10.9. The van der Waals surface area contributed by atoms with Crippen LogP contribution in [0.1, 0.15) is 0 Å². The first-order valence-electron chi connectivity index (χ1n) is 3.84. The van der Waals surface area contributed by atoms with E-state index in [1.54, 1.807) is 14.2 Å². The van der Waals surface area contributed by atoms with Crippen molar-refractivity contribution in [1.29, 1.82) is 0 Å². The van der Waals surface area contributed by atoms with Gasteiger partial charge in [-0.25, -0.2) is 0 Å². The molecule has 3 nitrogen and oxygen atoms in total. The number of hydrogen-bond donors (Lipinski definition) is 0. The topological polar surface area (TPSA) is 21.7 Å². The van der Waals surface area contributed by atoms with Crippen molar-refractivity contribution in [3.05, 3.63) is 6.92 Å². The smallest absolute Gasteiger partial charge is 0.0589 e. The molecule has 67 valence electrons. The zero-order chi connectivity index (χ0) is 8.53. The van der Waals surface area contributed by atoms with Gasteiger partial charge in [0.1, 0.15) is 0 Å². The fourth-order valence-corrected chi connectivity index (χ4v) is 0.776. The van der Waals surface area contributed by atoms with Gasteiger partial charge in [-0.1, -0.05) is 0 Å². The monoisotopic (exact) mass is 160 g/mol. The molecule has 0 spiro atoms. The van der Waals surface area contributed by atoms with Crippen LogP contribution in [0.3, 0.4) is 0 Å². The van der Waals surface area contributed by atoms with Crippen molar-refractivity contribution in [3.63, 3.8) is 0 Å². The van der Waals surface area contributed by atoms with E-state index < -0.39 is 0 Å². The highest BCUT2D eigenvalue weighted by Crippen LogP contribution is 1.86. The van der Waals surface area contributed by atoms with Crippen molar-refractivity contribution in [3.8, 4) is 0 Å². The molecule has 0 N–H and O–H groups in total. The maximum Gasteiger partial charge on any atom is 0.0589 e. The highest BCUT2D eigenvalue weighted by atomic mass is 16.5. The molecule has 11 heavy (non-hydrogen) atoms. The highest BCUT2D eigenvalue weighted by molar-refractivity contribution is 4.57. The van der Waals surface area contributed by atoms with Gasteiger partial charge in [0.05, 0.1) is 13.2 Å². The van der Waals surface area contributed by atoms with Crippen LogP contribution in [0.25, 0.3) is 0 Å². The van der Waals surface area contributed by atoms with Gasteiger partial charge in [-0.3, -0.25) is 4.90 Å². The predicted molar refractivity (Wildman–Crippen MR) is 45.5 cm³/mol. The summed E-state index contributed by atoms with van der Waals surface area (Å²) in [5.41, 5.74) is 0. The standard InChI is InChI=1S/C8H18NO2/c1-4-9(5-7-10-2)6-8-11-3/h1,4-8H2,2-3H3. The minimum absolute atomic E-state index is 0.763. The van der Waals surface area contributed by atoms with Gasteiger partial charge in [-0.2, -0.15) is 0 Å². The number of methoxy groups -OCH3 is 2. The molecule has 0 aliphatic carbocycles. The summed E-state index contributed by atoms with van der Waals surface area (Å²) in [6.45, 7) is 8.01. The fourth-order valence-electron chi connectivity index (χ4n) is 0.776. The SMILES string of the molecule is [CH2]CN(CCOC)CCOC. The van der Waals surface area contributed by atoms with E-state index in [4.69, 9.17) is 9.47 Å². The van der Waals surface area contributed by atoms with Crippen molar-refractivity contribution >= 4 is 0 Å². The molecule has 0 atom stereocenters. The van der Waals surface area contributed by atoms with Gasteiger partial charge < -0.3 is 9.47 Å². The summed E-state index contributed by atoms with van der Waals surface area (Å²) >= 11 is 0. The third-order valence-corrected chi connectivity index (χ3v) is 1.54. The second-order valence-corrected chi connectivity index (χ2v) is 2.33. The summed E-state index contributed by atoms with van der Waals surface area (Å²) in [7, 11) is 3.41. The van der Waals surface area contributed by atoms with Crippen LogP contribution in [0, 0.1) is 6.92 Å². The molecule has 0 rings (SSSR count). The van der Waals surface area contributed by atoms with Crippen LogP contribution < -0.4 is 0 Å². The van der Waals surface area contributed by atoms with E-state index in [1.807, 2.05) is 0 Å². The molecule has 0 aromatic heterocycles. The maximum absolute atomic E-state index is 4.94. The van der Waals surface area contributed by atoms with Gasteiger partial charge in [0.25, 0.3) is 0 Å². The Bertz CT molecular complexity index is 70.5. The Kier molecular flexibility index (Phi) is 7.89. The summed E-state index contributed by atoms with van der Waals surface area (Å²) in [6, 6.07) is 0. The summed E-state index contributed by atoms with van der Waals surface area (Å²) in [6.07, 6.45) is 0. The second kappa shape index (κ2) is 7.98. The summed E-state index contributed by atoms with van der Waals surface area (Å²) < 4.78 is 9.89. The Morgan fingerprint density at radius 2 is 1.55 bits per heavy atom. The lowest BCUT2D eigenvalue weighted by Gasteiger charge is -2.18. The summed E-state index contributed by atoms with van der Waals surface area (Å²) in [4.78, 5) is 2.19. The quantitative estimate of drug-likeness (QED) is 0.538. The molecule has 0 bridgehead atoms. The zero-order valence-corrected chi connectivity index (χ0v) is 7.51. The van der Waals surface area contributed by atoms with Crippen LogP contribution in [0.5, 0.6) is 0 Å². The van der Waals surface area contributed by atoms with Crippen molar-refractivity contribution in [2.45, 2.75) is 0 Å². The summed E-state index contributed by atoms with van der Waals surface area (Å²) in [5.74, 6) is 0. The third-order valence-electron chi connectivity index (χ3n) is 1.54. The van der Waals surface area contributed by atoms with Gasteiger partial charge in [-0.15, -0.1) is 0 Å². The Hall–Kier alpha value is -0.120. The lowest BCUT2D eigenvalue weighted by Crippen LogP contribution is -2.30. The molecule has 1 radical (unpaired) electrons. The molecular weight excluding hydrogens is 142 g/mol. The molecule has 0 saturated carbocycles. The van der Waals surface area contributed by atoms with Gasteiger partial charge >= 0.3 is 0 Å². The molecule has 0 unspecified atom stereocenters. The normalized spacial score (nSPS) is 10.9. The van der Waals surface area contributed by atoms with Crippen LogP contribution in [0.15, 0.2) is 0 Å². The van der Waals surface area contributed by atoms with E-state index in [-0.39, 0.29) is 0 Å². The van der Waals surface area contributed by atoms with Crippen LogP contribution in [0.4, 0.5) is 0 Å². The van der Waals surface area contributed by atoms with Crippen molar-refractivity contribution in [2.75, 3.05) is 47.1 Å². The number of rotatable bonds is 7. The van der Waals surface area contributed by atoms with Crippen LogP contribution in [-0.4, -0.2) is 52.0 Å². The van der Waals surface area contributed by atoms with Crippen molar-refractivity contribution in [2.24, 2.45) is 0 Å². The number of hydrogen-bond acceptors (Lipinski definition) is 3. The average molecular weight is 160 g/mol. The van der Waals surface area contributed by atoms with Crippen LogP contribution >= 0.6 is 0 Å². The Labute approximate surface area is 69.3 Å². The van der Waals surface area contributed by atoms with Crippen LogP contribution in [0.2, 0.25) is 0 Å². The third kappa shape index (κ3) is 6.28. The molecule has 0 aliphatic heterocycles. The average Bonchev–Trinajstić information content (AvgIpc) is 2.05. The van der Waals surface area contributed by atoms with E-state index in [1.165, 1.54) is 0 Å². The van der Waals surface area contributed by atoms with Gasteiger partial charge in [-0.05, 0) is 13.5 Å². The maximum atomic E-state index is 4.94. The fraction of sp³-hybridized carbons (Fsp3) is 0.875.